The predicted molar refractivity (Wildman–Crippen MR) is 130 cm³/mol. The van der Waals surface area contributed by atoms with Crippen LogP contribution in [0.4, 0.5) is 18.9 Å². The lowest BCUT2D eigenvalue weighted by Crippen LogP contribution is -2.52. The van der Waals surface area contributed by atoms with Gasteiger partial charge in [-0.2, -0.15) is 0 Å². The Morgan fingerprint density at radius 2 is 1.78 bits per heavy atom. The Balaban J connectivity index is 1.41. The van der Waals surface area contributed by atoms with E-state index < -0.39 is 34.9 Å². The van der Waals surface area contributed by atoms with Crippen molar-refractivity contribution in [3.63, 3.8) is 0 Å². The number of anilines is 1. The molecule has 4 atom stereocenters. The Kier molecular flexibility index (Phi) is 6.47. The first-order valence-corrected chi connectivity index (χ1v) is 12.1. The van der Waals surface area contributed by atoms with Crippen LogP contribution in [0.25, 0.3) is 0 Å². The maximum atomic E-state index is 14.8. The number of hydrogen-bond donors (Lipinski definition) is 1. The van der Waals surface area contributed by atoms with Crippen molar-refractivity contribution in [1.29, 1.82) is 0 Å². The van der Waals surface area contributed by atoms with E-state index in [1.807, 2.05) is 42.2 Å². The summed E-state index contributed by atoms with van der Waals surface area (Å²) >= 11 is 0. The number of rotatable bonds is 4. The molecule has 2 aromatic carbocycles. The highest BCUT2D eigenvalue weighted by Crippen LogP contribution is 2.41. The molecule has 0 saturated carbocycles. The Bertz CT molecular complexity index is 1260. The van der Waals surface area contributed by atoms with Gasteiger partial charge in [-0.15, -0.1) is 0 Å². The molecule has 2 aliphatic rings. The fraction of sp³-hybridized carbons (Fsp3) is 0.357. The lowest BCUT2D eigenvalue weighted by Gasteiger charge is -2.44. The number of likely N-dealkylation sites (tertiary alicyclic amines) is 1. The smallest absolute Gasteiger partial charge is 0.228 e. The number of carbonyl (C=O) groups is 1. The number of carbonyl (C=O) groups excluding carboxylic acids is 1. The summed E-state index contributed by atoms with van der Waals surface area (Å²) in [5.41, 5.74) is 0.535. The summed E-state index contributed by atoms with van der Waals surface area (Å²) < 4.78 is 42.3. The molecule has 3 heterocycles. The summed E-state index contributed by atoms with van der Waals surface area (Å²) in [5.74, 6) is -3.44. The van der Waals surface area contributed by atoms with Gasteiger partial charge in [-0.25, -0.2) is 13.2 Å². The zero-order chi connectivity index (χ0) is 25.4. The van der Waals surface area contributed by atoms with Gasteiger partial charge in [-0.05, 0) is 23.6 Å². The summed E-state index contributed by atoms with van der Waals surface area (Å²) in [6.45, 7) is 3.13. The van der Waals surface area contributed by atoms with Crippen molar-refractivity contribution in [1.82, 2.24) is 9.88 Å². The van der Waals surface area contributed by atoms with E-state index >= 15 is 0 Å². The summed E-state index contributed by atoms with van der Waals surface area (Å²) in [7, 11) is 0. The van der Waals surface area contributed by atoms with Crippen LogP contribution in [-0.2, 0) is 10.4 Å². The van der Waals surface area contributed by atoms with Gasteiger partial charge in [0.05, 0.1) is 29.6 Å². The molecule has 5 nitrogen and oxygen atoms in total. The first-order valence-electron chi connectivity index (χ1n) is 12.1. The molecule has 2 fully saturated rings. The number of nitrogens with zero attached hydrogens (tertiary/aromatic N) is 3. The standard InChI is InChI=1S/C28H28F3N3O2/c1-18-15-33(10-9-28(18,36)19-5-3-2-4-6-19)27(35)25-17-34(22-11-21(30)13-32-14-22)16-24(25)23-8-7-20(29)12-26(23)31/h2-8,11-14,18,24-25,36H,9-10,15-17H2,1H3/t18-,24+,25-,28+/m1/s1. The normalized spacial score (nSPS) is 26.3. The summed E-state index contributed by atoms with van der Waals surface area (Å²) in [6.07, 6.45) is 2.99. The second-order valence-corrected chi connectivity index (χ2v) is 9.87. The number of aromatic nitrogens is 1. The van der Waals surface area contributed by atoms with Crippen LogP contribution in [0, 0.1) is 29.3 Å². The Morgan fingerprint density at radius 3 is 2.47 bits per heavy atom. The van der Waals surface area contributed by atoms with Crippen molar-refractivity contribution < 1.29 is 23.1 Å². The summed E-state index contributed by atoms with van der Waals surface area (Å²) in [5, 5.41) is 11.4. The molecular formula is C28H28F3N3O2. The van der Waals surface area contributed by atoms with E-state index in [1.54, 1.807) is 4.90 Å². The molecule has 0 aliphatic carbocycles. The lowest BCUT2D eigenvalue weighted by molar-refractivity contribution is -0.144. The number of hydrogen-bond acceptors (Lipinski definition) is 4. The molecule has 2 aliphatic heterocycles. The minimum Gasteiger partial charge on any atom is -0.385 e. The van der Waals surface area contributed by atoms with Crippen LogP contribution >= 0.6 is 0 Å². The van der Waals surface area contributed by atoms with Crippen LogP contribution < -0.4 is 4.90 Å². The number of halogens is 3. The molecular weight excluding hydrogens is 467 g/mol. The van der Waals surface area contributed by atoms with E-state index in [2.05, 4.69) is 4.98 Å². The Hall–Kier alpha value is -3.39. The fourth-order valence-corrected chi connectivity index (χ4v) is 5.67. The minimum atomic E-state index is -1.05. The van der Waals surface area contributed by atoms with Gasteiger partial charge >= 0.3 is 0 Å². The van der Waals surface area contributed by atoms with Crippen molar-refractivity contribution in [2.75, 3.05) is 31.1 Å². The van der Waals surface area contributed by atoms with Gasteiger partial charge < -0.3 is 14.9 Å². The van der Waals surface area contributed by atoms with Crippen LogP contribution in [0.15, 0.2) is 67.0 Å². The second-order valence-electron chi connectivity index (χ2n) is 9.87. The van der Waals surface area contributed by atoms with Gasteiger partial charge in [0.15, 0.2) is 0 Å². The monoisotopic (exact) mass is 495 g/mol. The highest BCUT2D eigenvalue weighted by atomic mass is 19.1. The van der Waals surface area contributed by atoms with Crippen LogP contribution in [-0.4, -0.2) is 47.1 Å². The second kappa shape index (κ2) is 9.58. The van der Waals surface area contributed by atoms with Gasteiger partial charge in [0.25, 0.3) is 0 Å². The first-order chi connectivity index (χ1) is 17.3. The summed E-state index contributed by atoms with van der Waals surface area (Å²) in [6, 6.07) is 14.2. The number of aliphatic hydroxyl groups is 1. The van der Waals surface area contributed by atoms with Gasteiger partial charge in [0.1, 0.15) is 17.5 Å². The molecule has 8 heteroatoms. The van der Waals surface area contributed by atoms with Crippen LogP contribution in [0.1, 0.15) is 30.4 Å². The lowest BCUT2D eigenvalue weighted by atomic mass is 9.76. The molecule has 2 saturated heterocycles. The molecule has 1 aromatic heterocycles. The van der Waals surface area contributed by atoms with Crippen molar-refractivity contribution in [2.45, 2.75) is 24.9 Å². The maximum absolute atomic E-state index is 14.8. The zero-order valence-electron chi connectivity index (χ0n) is 19.9. The fourth-order valence-electron chi connectivity index (χ4n) is 5.67. The molecule has 0 radical (unpaired) electrons. The molecule has 0 bridgehead atoms. The van der Waals surface area contributed by atoms with Crippen molar-refractivity contribution in [3.8, 4) is 0 Å². The molecule has 0 spiro atoms. The Labute approximate surface area is 208 Å². The zero-order valence-corrected chi connectivity index (χ0v) is 19.9. The molecule has 36 heavy (non-hydrogen) atoms. The summed E-state index contributed by atoms with van der Waals surface area (Å²) in [4.78, 5) is 21.3. The molecule has 1 amide bonds. The predicted octanol–water partition coefficient (Wildman–Crippen LogP) is 4.48. The third-order valence-electron chi connectivity index (χ3n) is 7.71. The Morgan fingerprint density at radius 1 is 1.00 bits per heavy atom. The average Bonchev–Trinajstić information content (AvgIpc) is 3.31. The van der Waals surface area contributed by atoms with E-state index in [4.69, 9.17) is 0 Å². The number of amides is 1. The first kappa shape index (κ1) is 24.3. The van der Waals surface area contributed by atoms with Gasteiger partial charge in [0.2, 0.25) is 5.91 Å². The van der Waals surface area contributed by atoms with Gasteiger partial charge in [-0.3, -0.25) is 9.78 Å². The highest BCUT2D eigenvalue weighted by Gasteiger charge is 2.46. The van der Waals surface area contributed by atoms with Crippen LogP contribution in [0.3, 0.4) is 0 Å². The number of benzene rings is 2. The largest absolute Gasteiger partial charge is 0.385 e. The van der Waals surface area contributed by atoms with E-state index in [-0.39, 0.29) is 30.5 Å². The third-order valence-corrected chi connectivity index (χ3v) is 7.71. The number of pyridine rings is 1. The molecule has 5 rings (SSSR count). The quantitative estimate of drug-likeness (QED) is 0.580. The average molecular weight is 496 g/mol. The van der Waals surface area contributed by atoms with Gasteiger partial charge in [-0.1, -0.05) is 43.3 Å². The minimum absolute atomic E-state index is 0.155. The SMILES string of the molecule is C[C@@H]1CN(C(=O)[C@@H]2CN(c3cncc(F)c3)C[C@H]2c2ccc(F)cc2F)CC[C@@]1(O)c1ccccc1. The van der Waals surface area contributed by atoms with E-state index in [0.29, 0.717) is 25.2 Å². The van der Waals surface area contributed by atoms with Crippen molar-refractivity contribution >= 4 is 11.6 Å². The maximum Gasteiger partial charge on any atom is 0.228 e. The van der Waals surface area contributed by atoms with E-state index in [9.17, 15) is 23.1 Å². The topological polar surface area (TPSA) is 56.7 Å². The van der Waals surface area contributed by atoms with Gasteiger partial charge in [0, 0.05) is 50.1 Å². The molecule has 3 aromatic rings. The molecule has 188 valence electrons. The highest BCUT2D eigenvalue weighted by molar-refractivity contribution is 5.82. The van der Waals surface area contributed by atoms with Crippen LogP contribution in [0.2, 0.25) is 0 Å². The number of piperidine rings is 1. The van der Waals surface area contributed by atoms with Crippen molar-refractivity contribution in [3.05, 3.63) is 95.6 Å². The van der Waals surface area contributed by atoms with E-state index in [0.717, 1.165) is 17.8 Å². The van der Waals surface area contributed by atoms with Crippen LogP contribution in [0.5, 0.6) is 0 Å². The third kappa shape index (κ3) is 4.46. The van der Waals surface area contributed by atoms with Crippen molar-refractivity contribution in [2.24, 2.45) is 11.8 Å². The molecule has 0 unspecified atom stereocenters. The molecule has 1 N–H and O–H groups in total. The van der Waals surface area contributed by atoms with E-state index in [1.165, 1.54) is 24.4 Å².